The number of amides is 1. The number of carbonyl (C=O) groups excluding carboxylic acids is 1. The van der Waals surface area contributed by atoms with Crippen LogP contribution >= 0.6 is 22.6 Å². The van der Waals surface area contributed by atoms with E-state index in [-0.39, 0.29) is 16.7 Å². The molecule has 0 aliphatic heterocycles. The van der Waals surface area contributed by atoms with E-state index >= 15 is 0 Å². The molecule has 1 heterocycles. The third-order valence-electron chi connectivity index (χ3n) is 3.88. The smallest absolute Gasteiger partial charge is 0.255 e. The van der Waals surface area contributed by atoms with E-state index in [1.54, 1.807) is 49.4 Å². The number of hydrogen-bond donors (Lipinski definition) is 1. The Morgan fingerprint density at radius 1 is 0.963 bits per heavy atom. The van der Waals surface area contributed by atoms with Gasteiger partial charge in [0.1, 0.15) is 0 Å². The summed E-state index contributed by atoms with van der Waals surface area (Å²) in [5.74, 6) is -0.205. The fourth-order valence-corrected chi connectivity index (χ4v) is 3.41. The van der Waals surface area contributed by atoms with Gasteiger partial charge < -0.3 is 5.32 Å². The normalized spacial score (nSPS) is 11.2. The minimum Gasteiger partial charge on any atom is -0.322 e. The molecule has 0 fully saturated rings. The lowest BCUT2D eigenvalue weighted by molar-refractivity contribution is 0.102. The predicted octanol–water partition coefficient (Wildman–Crippen LogP) is 3.79. The van der Waals surface area contributed by atoms with Crippen molar-refractivity contribution in [1.82, 2.24) is 10.2 Å². The fraction of sp³-hybridized carbons (Fsp3) is 0.105. The maximum atomic E-state index is 12.2. The molecule has 8 heteroatoms. The maximum absolute atomic E-state index is 12.2. The number of nitrogens with one attached hydrogen (secondary N) is 1. The number of rotatable bonds is 5. The zero-order chi connectivity index (χ0) is 19.4. The summed E-state index contributed by atoms with van der Waals surface area (Å²) >= 11 is 2.18. The van der Waals surface area contributed by atoms with Crippen LogP contribution in [0.5, 0.6) is 0 Å². The standard InChI is InChI=1S/C19H16IN3O3S/c1-2-27(25,26)18-12-11-17(22-23-18)13-5-9-16(10-6-13)21-19(24)14-3-7-15(20)8-4-14/h3-12H,2H2,1H3,(H,21,24). The van der Waals surface area contributed by atoms with Crippen LogP contribution < -0.4 is 5.32 Å². The van der Waals surface area contributed by atoms with Crippen molar-refractivity contribution >= 4 is 44.0 Å². The predicted molar refractivity (Wildman–Crippen MR) is 112 cm³/mol. The summed E-state index contributed by atoms with van der Waals surface area (Å²) < 4.78 is 24.6. The number of benzene rings is 2. The first-order valence-corrected chi connectivity index (χ1v) is 10.9. The SMILES string of the molecule is CCS(=O)(=O)c1ccc(-c2ccc(NC(=O)c3ccc(I)cc3)cc2)nn1. The van der Waals surface area contributed by atoms with Crippen molar-refractivity contribution in [3.05, 3.63) is 69.8 Å². The Bertz CT molecular complexity index is 1050. The first-order chi connectivity index (χ1) is 12.9. The van der Waals surface area contributed by atoms with Gasteiger partial charge in [-0.05, 0) is 71.1 Å². The molecule has 138 valence electrons. The van der Waals surface area contributed by atoms with Crippen molar-refractivity contribution in [2.75, 3.05) is 11.1 Å². The van der Waals surface area contributed by atoms with E-state index in [4.69, 9.17) is 0 Å². The van der Waals surface area contributed by atoms with Gasteiger partial charge in [0.15, 0.2) is 14.9 Å². The van der Waals surface area contributed by atoms with Gasteiger partial charge in [-0.1, -0.05) is 19.1 Å². The molecule has 3 aromatic rings. The first-order valence-electron chi connectivity index (χ1n) is 8.13. The van der Waals surface area contributed by atoms with Crippen LogP contribution in [-0.2, 0) is 9.84 Å². The third-order valence-corrected chi connectivity index (χ3v) is 6.22. The van der Waals surface area contributed by atoms with Crippen molar-refractivity contribution in [3.8, 4) is 11.3 Å². The van der Waals surface area contributed by atoms with E-state index in [1.165, 1.54) is 6.07 Å². The van der Waals surface area contributed by atoms with Gasteiger partial charge in [-0.15, -0.1) is 10.2 Å². The topological polar surface area (TPSA) is 89.0 Å². The van der Waals surface area contributed by atoms with Crippen molar-refractivity contribution in [2.45, 2.75) is 11.9 Å². The Labute approximate surface area is 171 Å². The van der Waals surface area contributed by atoms with Crippen LogP contribution in [0.25, 0.3) is 11.3 Å². The monoisotopic (exact) mass is 493 g/mol. The second-order valence-corrected chi connectivity index (χ2v) is 9.17. The zero-order valence-corrected chi connectivity index (χ0v) is 17.4. The maximum Gasteiger partial charge on any atom is 0.255 e. The second-order valence-electron chi connectivity index (χ2n) is 5.70. The van der Waals surface area contributed by atoms with E-state index in [9.17, 15) is 13.2 Å². The second kappa shape index (κ2) is 8.13. The van der Waals surface area contributed by atoms with Crippen LogP contribution in [0.4, 0.5) is 5.69 Å². The summed E-state index contributed by atoms with van der Waals surface area (Å²) in [7, 11) is -3.37. The van der Waals surface area contributed by atoms with Gasteiger partial charge in [-0.2, -0.15) is 0 Å². The quantitative estimate of drug-likeness (QED) is 0.547. The molecule has 0 aliphatic carbocycles. The fourth-order valence-electron chi connectivity index (χ4n) is 2.32. The molecule has 0 aliphatic rings. The number of sulfone groups is 1. The lowest BCUT2D eigenvalue weighted by atomic mass is 10.1. The van der Waals surface area contributed by atoms with Crippen molar-refractivity contribution in [3.63, 3.8) is 0 Å². The summed E-state index contributed by atoms with van der Waals surface area (Å²) in [6.07, 6.45) is 0. The molecule has 27 heavy (non-hydrogen) atoms. The molecule has 0 atom stereocenters. The Hall–Kier alpha value is -2.33. The molecule has 0 bridgehead atoms. The molecule has 0 radical (unpaired) electrons. The summed E-state index contributed by atoms with van der Waals surface area (Å²) in [5, 5.41) is 10.6. The van der Waals surface area contributed by atoms with Gasteiger partial charge in [0.25, 0.3) is 5.91 Å². The van der Waals surface area contributed by atoms with E-state index in [0.717, 1.165) is 9.13 Å². The number of carbonyl (C=O) groups is 1. The summed E-state index contributed by atoms with van der Waals surface area (Å²) in [6.45, 7) is 1.56. The lowest BCUT2D eigenvalue weighted by Crippen LogP contribution is -2.11. The highest BCUT2D eigenvalue weighted by Crippen LogP contribution is 2.20. The van der Waals surface area contributed by atoms with Crippen LogP contribution in [0.1, 0.15) is 17.3 Å². The summed E-state index contributed by atoms with van der Waals surface area (Å²) in [5.41, 5.74) is 2.56. The van der Waals surface area contributed by atoms with Gasteiger partial charge in [0, 0.05) is 20.4 Å². The summed E-state index contributed by atoms with van der Waals surface area (Å²) in [6, 6.07) is 17.5. The Morgan fingerprint density at radius 3 is 2.19 bits per heavy atom. The van der Waals surface area contributed by atoms with Gasteiger partial charge in [-0.25, -0.2) is 8.42 Å². The van der Waals surface area contributed by atoms with Crippen molar-refractivity contribution in [1.29, 1.82) is 0 Å². The van der Waals surface area contributed by atoms with Crippen LogP contribution in [-0.4, -0.2) is 30.3 Å². The molecule has 2 aromatic carbocycles. The number of nitrogens with zero attached hydrogens (tertiary/aromatic N) is 2. The largest absolute Gasteiger partial charge is 0.322 e. The highest BCUT2D eigenvalue weighted by Gasteiger charge is 2.14. The third kappa shape index (κ3) is 4.69. The summed E-state index contributed by atoms with van der Waals surface area (Å²) in [4.78, 5) is 12.2. The number of hydrogen-bond acceptors (Lipinski definition) is 5. The molecular formula is C19H16IN3O3S. The highest BCUT2D eigenvalue weighted by molar-refractivity contribution is 14.1. The molecule has 1 N–H and O–H groups in total. The van der Waals surface area contributed by atoms with E-state index in [0.29, 0.717) is 16.9 Å². The van der Waals surface area contributed by atoms with Gasteiger partial charge in [0.2, 0.25) is 0 Å². The van der Waals surface area contributed by atoms with Crippen LogP contribution in [0.2, 0.25) is 0 Å². The van der Waals surface area contributed by atoms with Crippen LogP contribution in [0, 0.1) is 3.57 Å². The Morgan fingerprint density at radius 2 is 1.63 bits per heavy atom. The number of anilines is 1. The molecule has 0 saturated carbocycles. The zero-order valence-electron chi connectivity index (χ0n) is 14.4. The highest BCUT2D eigenvalue weighted by atomic mass is 127. The Balaban J connectivity index is 1.73. The number of halogens is 1. The van der Waals surface area contributed by atoms with E-state index in [2.05, 4.69) is 38.1 Å². The lowest BCUT2D eigenvalue weighted by Gasteiger charge is -2.07. The molecule has 1 aromatic heterocycles. The molecule has 1 amide bonds. The molecule has 3 rings (SSSR count). The minimum atomic E-state index is -3.37. The van der Waals surface area contributed by atoms with Gasteiger partial charge >= 0.3 is 0 Å². The Kier molecular flexibility index (Phi) is 5.85. The molecule has 6 nitrogen and oxygen atoms in total. The molecule has 0 unspecified atom stereocenters. The van der Waals surface area contributed by atoms with Gasteiger partial charge in [-0.3, -0.25) is 4.79 Å². The number of aromatic nitrogens is 2. The van der Waals surface area contributed by atoms with Crippen molar-refractivity contribution in [2.24, 2.45) is 0 Å². The van der Waals surface area contributed by atoms with Crippen LogP contribution in [0.3, 0.4) is 0 Å². The van der Waals surface area contributed by atoms with Crippen LogP contribution in [0.15, 0.2) is 65.7 Å². The van der Waals surface area contributed by atoms with E-state index < -0.39 is 9.84 Å². The molecular weight excluding hydrogens is 477 g/mol. The van der Waals surface area contributed by atoms with E-state index in [1.807, 2.05) is 12.1 Å². The minimum absolute atomic E-state index is 0.0179. The molecule has 0 saturated heterocycles. The average Bonchev–Trinajstić information content (AvgIpc) is 2.69. The molecule has 0 spiro atoms. The average molecular weight is 493 g/mol. The van der Waals surface area contributed by atoms with Gasteiger partial charge in [0.05, 0.1) is 11.4 Å². The first kappa shape index (κ1) is 19.4. The van der Waals surface area contributed by atoms with Crippen molar-refractivity contribution < 1.29 is 13.2 Å².